The van der Waals surface area contributed by atoms with E-state index in [-0.39, 0.29) is 17.9 Å². The van der Waals surface area contributed by atoms with E-state index in [1.165, 1.54) is 11.8 Å². The largest absolute Gasteiger partial charge is 0.506 e. The number of rotatable bonds is 4. The number of thioether (sulfide) groups is 1. The summed E-state index contributed by atoms with van der Waals surface area (Å²) >= 11 is 1.23. The molecule has 1 aliphatic heterocycles. The lowest BCUT2D eigenvalue weighted by Crippen LogP contribution is -2.12. The fourth-order valence-corrected chi connectivity index (χ4v) is 3.74. The Kier molecular flexibility index (Phi) is 5.76. The quantitative estimate of drug-likeness (QED) is 0.765. The van der Waals surface area contributed by atoms with Crippen LogP contribution in [0, 0.1) is 13.8 Å². The van der Waals surface area contributed by atoms with E-state index >= 15 is 0 Å². The Hall–Kier alpha value is -2.86. The minimum atomic E-state index is -0.588. The van der Waals surface area contributed by atoms with E-state index < -0.39 is 5.97 Å². The molecule has 27 heavy (non-hydrogen) atoms. The van der Waals surface area contributed by atoms with Crippen molar-refractivity contribution in [1.29, 1.82) is 0 Å². The van der Waals surface area contributed by atoms with E-state index in [1.807, 2.05) is 44.2 Å². The maximum atomic E-state index is 12.4. The number of hydrogen-bond donors (Lipinski definition) is 1. The molecule has 138 valence electrons. The number of aliphatic imine (C=N–C) groups is 1. The van der Waals surface area contributed by atoms with Crippen molar-refractivity contribution in [2.24, 2.45) is 4.99 Å². The van der Waals surface area contributed by atoms with Gasteiger partial charge in [0, 0.05) is 6.20 Å². The average molecular weight is 380 g/mol. The number of carbonyl (C=O) groups is 1. The van der Waals surface area contributed by atoms with Gasteiger partial charge >= 0.3 is 5.97 Å². The molecule has 1 aromatic heterocycles. The third-order valence-corrected chi connectivity index (χ3v) is 4.79. The first-order chi connectivity index (χ1) is 13.0. The molecule has 1 N–H and O–H groups in total. The second kappa shape index (κ2) is 8.22. The van der Waals surface area contributed by atoms with Gasteiger partial charge in [0.2, 0.25) is 0 Å². The van der Waals surface area contributed by atoms with Crippen LogP contribution in [0.3, 0.4) is 0 Å². The molecule has 0 radical (unpaired) electrons. The van der Waals surface area contributed by atoms with E-state index in [0.717, 1.165) is 16.8 Å². The van der Waals surface area contributed by atoms with Crippen LogP contribution in [-0.2, 0) is 9.53 Å². The molecule has 0 unspecified atom stereocenters. The summed E-state index contributed by atoms with van der Waals surface area (Å²) in [5.74, 6) is -0.720. The van der Waals surface area contributed by atoms with Gasteiger partial charge < -0.3 is 9.84 Å². The van der Waals surface area contributed by atoms with Gasteiger partial charge in [0.05, 0.1) is 22.9 Å². The summed E-state index contributed by atoms with van der Waals surface area (Å²) in [5, 5.41) is 11.1. The maximum Gasteiger partial charge on any atom is 0.344 e. The smallest absolute Gasteiger partial charge is 0.344 e. The van der Waals surface area contributed by atoms with Crippen molar-refractivity contribution < 1.29 is 14.6 Å². The van der Waals surface area contributed by atoms with E-state index in [2.05, 4.69) is 16.0 Å². The van der Waals surface area contributed by atoms with Gasteiger partial charge in [-0.15, -0.1) is 0 Å². The lowest BCUT2D eigenvalue weighted by Gasteiger charge is -2.05. The standard InChI is InChI=1S/C21H20N2O3S/c1-4-26-21(25)18-19(24)17(12-15-7-5-6-8-22-15)27-20(18)23-16-10-13(2)9-14(3)11-16/h5-12,24H,4H2,1-3H3. The summed E-state index contributed by atoms with van der Waals surface area (Å²) in [4.78, 5) is 21.8. The molecule has 0 bridgehead atoms. The highest BCUT2D eigenvalue weighted by molar-refractivity contribution is 8.18. The lowest BCUT2D eigenvalue weighted by atomic mass is 10.1. The Labute approximate surface area is 162 Å². The normalized spacial score (nSPS) is 17.0. The number of nitrogens with zero attached hydrogens (tertiary/aromatic N) is 2. The molecule has 2 aromatic rings. The van der Waals surface area contributed by atoms with Crippen LogP contribution in [0.15, 0.2) is 63.8 Å². The molecule has 1 aliphatic rings. The number of aliphatic hydroxyl groups excluding tert-OH is 1. The summed E-state index contributed by atoms with van der Waals surface area (Å²) in [6, 6.07) is 11.4. The van der Waals surface area contributed by atoms with Crippen molar-refractivity contribution in [3.05, 3.63) is 75.7 Å². The van der Waals surface area contributed by atoms with Crippen molar-refractivity contribution in [2.75, 3.05) is 6.61 Å². The second-order valence-electron chi connectivity index (χ2n) is 6.07. The van der Waals surface area contributed by atoms with Crippen LogP contribution in [0.4, 0.5) is 5.69 Å². The molecule has 5 nitrogen and oxygen atoms in total. The van der Waals surface area contributed by atoms with Crippen LogP contribution in [0.5, 0.6) is 0 Å². The van der Waals surface area contributed by atoms with Gasteiger partial charge in [-0.3, -0.25) is 4.98 Å². The Bertz CT molecular complexity index is 942. The molecular weight excluding hydrogens is 360 g/mol. The molecule has 0 amide bonds. The maximum absolute atomic E-state index is 12.4. The lowest BCUT2D eigenvalue weighted by molar-refractivity contribution is -0.138. The minimum Gasteiger partial charge on any atom is -0.506 e. The number of aryl methyl sites for hydroxylation is 2. The fraction of sp³-hybridized carbons (Fsp3) is 0.190. The van der Waals surface area contributed by atoms with Gasteiger partial charge in [0.25, 0.3) is 0 Å². The predicted molar refractivity (Wildman–Crippen MR) is 109 cm³/mol. The van der Waals surface area contributed by atoms with E-state index in [9.17, 15) is 9.90 Å². The average Bonchev–Trinajstić information content (AvgIpc) is 2.90. The summed E-state index contributed by atoms with van der Waals surface area (Å²) < 4.78 is 5.12. The molecule has 0 atom stereocenters. The summed E-state index contributed by atoms with van der Waals surface area (Å²) in [5.41, 5.74) is 3.65. The molecule has 3 rings (SSSR count). The first-order valence-corrected chi connectivity index (χ1v) is 9.38. The number of carbonyl (C=O) groups excluding carboxylic acids is 1. The molecule has 1 aromatic carbocycles. The van der Waals surface area contributed by atoms with Crippen LogP contribution in [0.2, 0.25) is 0 Å². The SMILES string of the molecule is CCOC(=O)C1=C(O)C(=Cc2ccccn2)SC1=Nc1cc(C)cc(C)c1. The zero-order valence-corrected chi connectivity index (χ0v) is 16.2. The van der Waals surface area contributed by atoms with Crippen LogP contribution >= 0.6 is 11.8 Å². The molecular formula is C21H20N2O3S. The summed E-state index contributed by atoms with van der Waals surface area (Å²) in [7, 11) is 0. The van der Waals surface area contributed by atoms with Crippen LogP contribution in [0.1, 0.15) is 23.7 Å². The number of aromatic nitrogens is 1. The minimum absolute atomic E-state index is 0.0863. The van der Waals surface area contributed by atoms with Crippen LogP contribution in [-0.4, -0.2) is 27.7 Å². The van der Waals surface area contributed by atoms with E-state index in [4.69, 9.17) is 4.74 Å². The molecule has 2 heterocycles. The first-order valence-electron chi connectivity index (χ1n) is 8.56. The number of pyridine rings is 1. The van der Waals surface area contributed by atoms with Gasteiger partial charge in [-0.25, -0.2) is 9.79 Å². The zero-order chi connectivity index (χ0) is 19.4. The molecule has 0 spiro atoms. The summed E-state index contributed by atoms with van der Waals surface area (Å²) in [6.07, 6.45) is 3.40. The second-order valence-corrected chi connectivity index (χ2v) is 7.10. The van der Waals surface area contributed by atoms with Gasteiger partial charge in [-0.1, -0.05) is 23.9 Å². The number of hydrogen-bond acceptors (Lipinski definition) is 6. The summed E-state index contributed by atoms with van der Waals surface area (Å²) in [6.45, 7) is 5.92. The van der Waals surface area contributed by atoms with Crippen molar-refractivity contribution in [3.63, 3.8) is 0 Å². The molecule has 0 fully saturated rings. The third kappa shape index (κ3) is 4.46. The number of esters is 1. The molecule has 6 heteroatoms. The predicted octanol–water partition coefficient (Wildman–Crippen LogP) is 4.89. The Morgan fingerprint density at radius 3 is 2.63 bits per heavy atom. The van der Waals surface area contributed by atoms with Gasteiger partial charge in [0.1, 0.15) is 16.4 Å². The van der Waals surface area contributed by atoms with Crippen molar-refractivity contribution in [2.45, 2.75) is 20.8 Å². The highest BCUT2D eigenvalue weighted by atomic mass is 32.2. The van der Waals surface area contributed by atoms with Crippen molar-refractivity contribution in [1.82, 2.24) is 4.98 Å². The number of benzene rings is 1. The molecule has 0 saturated carbocycles. The van der Waals surface area contributed by atoms with Crippen LogP contribution in [0.25, 0.3) is 6.08 Å². The number of ether oxygens (including phenoxy) is 1. The molecule has 0 saturated heterocycles. The highest BCUT2D eigenvalue weighted by Crippen LogP contribution is 2.40. The van der Waals surface area contributed by atoms with Gasteiger partial charge in [-0.2, -0.15) is 0 Å². The van der Waals surface area contributed by atoms with E-state index in [0.29, 0.717) is 15.6 Å². The highest BCUT2D eigenvalue weighted by Gasteiger charge is 2.33. The van der Waals surface area contributed by atoms with Crippen molar-refractivity contribution >= 4 is 34.5 Å². The molecule has 0 aliphatic carbocycles. The van der Waals surface area contributed by atoms with E-state index in [1.54, 1.807) is 19.2 Å². The monoisotopic (exact) mass is 380 g/mol. The third-order valence-electron chi connectivity index (χ3n) is 3.77. The van der Waals surface area contributed by atoms with Crippen LogP contribution < -0.4 is 0 Å². The van der Waals surface area contributed by atoms with Gasteiger partial charge in [-0.05, 0) is 62.2 Å². The first kappa shape index (κ1) is 18.9. The fourth-order valence-electron chi connectivity index (χ4n) is 2.72. The number of aliphatic hydroxyl groups is 1. The van der Waals surface area contributed by atoms with Crippen molar-refractivity contribution in [3.8, 4) is 0 Å². The zero-order valence-electron chi connectivity index (χ0n) is 15.4. The Morgan fingerprint density at radius 2 is 2.00 bits per heavy atom. The van der Waals surface area contributed by atoms with Gasteiger partial charge in [0.15, 0.2) is 0 Å². The Morgan fingerprint density at radius 1 is 1.26 bits per heavy atom. The Balaban J connectivity index is 2.06. The topological polar surface area (TPSA) is 71.8 Å².